The van der Waals surface area contributed by atoms with Gasteiger partial charge in [0.1, 0.15) is 0 Å². The molecule has 2 heteroatoms. The highest BCUT2D eigenvalue weighted by molar-refractivity contribution is 5.33. The fraction of sp³-hybridized carbons (Fsp3) is 0.647. The van der Waals surface area contributed by atoms with E-state index in [0.29, 0.717) is 0 Å². The van der Waals surface area contributed by atoms with E-state index in [9.17, 15) is 5.11 Å². The van der Waals surface area contributed by atoms with Crippen molar-refractivity contribution >= 4 is 0 Å². The summed E-state index contributed by atoms with van der Waals surface area (Å²) in [6, 6.07) is 6.36. The monoisotopic (exact) mass is 261 g/mol. The number of likely N-dealkylation sites (tertiary alicyclic amines) is 1. The zero-order chi connectivity index (χ0) is 14.0. The lowest BCUT2D eigenvalue weighted by atomic mass is 9.83. The average molecular weight is 261 g/mol. The normalized spacial score (nSPS) is 21.3. The van der Waals surface area contributed by atoms with Crippen molar-refractivity contribution in [2.24, 2.45) is 0 Å². The zero-order valence-electron chi connectivity index (χ0n) is 12.7. The maximum Gasteiger partial charge on any atom is 0.0973 e. The van der Waals surface area contributed by atoms with Crippen molar-refractivity contribution < 1.29 is 5.11 Å². The van der Waals surface area contributed by atoms with E-state index in [-0.39, 0.29) is 5.54 Å². The molecule has 2 atom stereocenters. The molecule has 1 aliphatic heterocycles. The van der Waals surface area contributed by atoms with Crippen LogP contribution in [0.1, 0.15) is 55.9 Å². The van der Waals surface area contributed by atoms with Gasteiger partial charge in [-0.05, 0) is 64.3 Å². The van der Waals surface area contributed by atoms with Crippen LogP contribution in [0.4, 0.5) is 0 Å². The van der Waals surface area contributed by atoms with Gasteiger partial charge in [0, 0.05) is 5.54 Å². The first-order valence-electron chi connectivity index (χ1n) is 7.49. The third kappa shape index (κ3) is 2.70. The maximum atomic E-state index is 10.9. The molecular weight excluding hydrogens is 234 g/mol. The third-order valence-electron chi connectivity index (χ3n) is 4.85. The van der Waals surface area contributed by atoms with E-state index in [1.165, 1.54) is 24.0 Å². The van der Waals surface area contributed by atoms with Gasteiger partial charge in [0.15, 0.2) is 0 Å². The molecule has 1 aliphatic rings. The van der Waals surface area contributed by atoms with Crippen LogP contribution in [-0.4, -0.2) is 28.6 Å². The lowest BCUT2D eigenvalue weighted by molar-refractivity contribution is -0.0143. The molecule has 0 aliphatic carbocycles. The molecule has 0 aromatic heterocycles. The standard InChI is InChI=1S/C17H27NO/c1-5-17(4,18-10-6-7-11-18)16(19)15-9-8-13(2)12-14(15)3/h8-9,12,16,19H,5-7,10-11H2,1-4H3. The second-order valence-electron chi connectivity index (χ2n) is 6.17. The van der Waals surface area contributed by atoms with Crippen molar-refractivity contribution in [3.05, 3.63) is 34.9 Å². The Morgan fingerprint density at radius 3 is 2.42 bits per heavy atom. The van der Waals surface area contributed by atoms with Crippen LogP contribution in [0, 0.1) is 13.8 Å². The number of benzene rings is 1. The van der Waals surface area contributed by atoms with Gasteiger partial charge in [0.25, 0.3) is 0 Å². The molecule has 19 heavy (non-hydrogen) atoms. The summed E-state index contributed by atoms with van der Waals surface area (Å²) in [7, 11) is 0. The summed E-state index contributed by atoms with van der Waals surface area (Å²) in [5.74, 6) is 0. The molecule has 0 spiro atoms. The first-order valence-corrected chi connectivity index (χ1v) is 7.49. The van der Waals surface area contributed by atoms with Crippen LogP contribution in [0.15, 0.2) is 18.2 Å². The van der Waals surface area contributed by atoms with Crippen LogP contribution in [0.3, 0.4) is 0 Å². The summed E-state index contributed by atoms with van der Waals surface area (Å²) in [5.41, 5.74) is 3.40. The lowest BCUT2D eigenvalue weighted by Crippen LogP contribution is -2.49. The van der Waals surface area contributed by atoms with Crippen LogP contribution in [0.5, 0.6) is 0 Å². The van der Waals surface area contributed by atoms with Crippen molar-refractivity contribution in [3.63, 3.8) is 0 Å². The topological polar surface area (TPSA) is 23.5 Å². The van der Waals surface area contributed by atoms with Gasteiger partial charge in [-0.3, -0.25) is 4.90 Å². The van der Waals surface area contributed by atoms with Crippen LogP contribution < -0.4 is 0 Å². The van der Waals surface area contributed by atoms with Gasteiger partial charge in [-0.15, -0.1) is 0 Å². The molecule has 0 bridgehead atoms. The summed E-state index contributed by atoms with van der Waals surface area (Å²) in [6.45, 7) is 10.8. The second-order valence-corrected chi connectivity index (χ2v) is 6.17. The molecule has 1 saturated heterocycles. The highest BCUT2D eigenvalue weighted by Crippen LogP contribution is 2.37. The van der Waals surface area contributed by atoms with E-state index >= 15 is 0 Å². The Morgan fingerprint density at radius 2 is 1.89 bits per heavy atom. The summed E-state index contributed by atoms with van der Waals surface area (Å²) >= 11 is 0. The molecule has 106 valence electrons. The zero-order valence-corrected chi connectivity index (χ0v) is 12.7. The van der Waals surface area contributed by atoms with Gasteiger partial charge in [0.2, 0.25) is 0 Å². The lowest BCUT2D eigenvalue weighted by Gasteiger charge is -2.42. The number of nitrogens with zero attached hydrogens (tertiary/aromatic N) is 1. The summed E-state index contributed by atoms with van der Waals surface area (Å²) in [4.78, 5) is 2.47. The molecule has 1 aromatic rings. The van der Waals surface area contributed by atoms with E-state index in [1.807, 2.05) is 0 Å². The minimum Gasteiger partial charge on any atom is -0.386 e. The Kier molecular flexibility index (Phi) is 4.32. The van der Waals surface area contributed by atoms with Gasteiger partial charge < -0.3 is 5.11 Å². The van der Waals surface area contributed by atoms with Crippen LogP contribution >= 0.6 is 0 Å². The fourth-order valence-corrected chi connectivity index (χ4v) is 3.29. The first-order chi connectivity index (χ1) is 8.99. The predicted octanol–water partition coefficient (Wildman–Crippen LogP) is 3.60. The fourth-order valence-electron chi connectivity index (χ4n) is 3.29. The predicted molar refractivity (Wildman–Crippen MR) is 80.4 cm³/mol. The maximum absolute atomic E-state index is 10.9. The molecule has 0 radical (unpaired) electrons. The minimum absolute atomic E-state index is 0.142. The second kappa shape index (κ2) is 5.64. The molecule has 0 saturated carbocycles. The molecular formula is C17H27NO. The first kappa shape index (κ1) is 14.5. The van der Waals surface area contributed by atoms with Gasteiger partial charge in [-0.1, -0.05) is 30.7 Å². The summed E-state index contributed by atoms with van der Waals surface area (Å²) in [6.07, 6.45) is 3.09. The molecule has 1 heterocycles. The Hall–Kier alpha value is -0.860. The molecule has 2 nitrogen and oxygen atoms in total. The number of aliphatic hydroxyl groups is 1. The van der Waals surface area contributed by atoms with E-state index < -0.39 is 6.10 Å². The molecule has 0 amide bonds. The van der Waals surface area contributed by atoms with Crippen molar-refractivity contribution in [1.82, 2.24) is 4.90 Å². The Labute approximate surface area is 117 Å². The summed E-state index contributed by atoms with van der Waals surface area (Å²) in [5, 5.41) is 10.9. The summed E-state index contributed by atoms with van der Waals surface area (Å²) < 4.78 is 0. The largest absolute Gasteiger partial charge is 0.386 e. The van der Waals surface area contributed by atoms with E-state index in [2.05, 4.69) is 50.8 Å². The number of hydrogen-bond donors (Lipinski definition) is 1. The smallest absolute Gasteiger partial charge is 0.0973 e. The van der Waals surface area contributed by atoms with Gasteiger partial charge in [-0.25, -0.2) is 0 Å². The number of rotatable bonds is 4. The molecule has 2 rings (SSSR count). The Morgan fingerprint density at radius 1 is 1.26 bits per heavy atom. The molecule has 1 aromatic carbocycles. The van der Waals surface area contributed by atoms with Crippen molar-refractivity contribution in [2.75, 3.05) is 13.1 Å². The molecule has 2 unspecified atom stereocenters. The van der Waals surface area contributed by atoms with Gasteiger partial charge in [-0.2, -0.15) is 0 Å². The van der Waals surface area contributed by atoms with Crippen molar-refractivity contribution in [3.8, 4) is 0 Å². The van der Waals surface area contributed by atoms with E-state index in [0.717, 1.165) is 25.1 Å². The number of aliphatic hydroxyl groups excluding tert-OH is 1. The molecule has 1 fully saturated rings. The quantitative estimate of drug-likeness (QED) is 0.895. The van der Waals surface area contributed by atoms with E-state index in [4.69, 9.17) is 0 Å². The van der Waals surface area contributed by atoms with Crippen molar-refractivity contribution in [2.45, 2.75) is 58.6 Å². The third-order valence-corrected chi connectivity index (χ3v) is 4.85. The van der Waals surface area contributed by atoms with Gasteiger partial charge in [0.05, 0.1) is 6.10 Å². The van der Waals surface area contributed by atoms with Gasteiger partial charge >= 0.3 is 0 Å². The van der Waals surface area contributed by atoms with Crippen molar-refractivity contribution in [1.29, 1.82) is 0 Å². The van der Waals surface area contributed by atoms with E-state index in [1.54, 1.807) is 0 Å². The number of hydrogen-bond acceptors (Lipinski definition) is 2. The van der Waals surface area contributed by atoms with Crippen LogP contribution in [-0.2, 0) is 0 Å². The highest BCUT2D eigenvalue weighted by atomic mass is 16.3. The Bertz CT molecular complexity index is 437. The SMILES string of the molecule is CCC(C)(C(O)c1ccc(C)cc1C)N1CCCC1. The van der Waals surface area contributed by atoms with Crippen LogP contribution in [0.25, 0.3) is 0 Å². The average Bonchev–Trinajstić information content (AvgIpc) is 2.91. The molecule has 1 N–H and O–H groups in total. The van der Waals surface area contributed by atoms with Crippen LogP contribution in [0.2, 0.25) is 0 Å². The highest BCUT2D eigenvalue weighted by Gasteiger charge is 2.39. The number of aryl methyl sites for hydroxylation is 2. The minimum atomic E-state index is -0.406. The Balaban J connectivity index is 2.31.